The van der Waals surface area contributed by atoms with Gasteiger partial charge in [0.2, 0.25) is 0 Å². The van der Waals surface area contributed by atoms with E-state index < -0.39 is 0 Å². The number of aryl methyl sites for hydroxylation is 1. The van der Waals surface area contributed by atoms with Crippen LogP contribution in [0.25, 0.3) is 28.0 Å². The number of halogens is 1. The number of ether oxygens (including phenoxy) is 1. The fourth-order valence-electron chi connectivity index (χ4n) is 3.68. The second-order valence-electron chi connectivity index (χ2n) is 7.31. The molecule has 3 aromatic carbocycles. The van der Waals surface area contributed by atoms with Crippen molar-refractivity contribution in [2.75, 3.05) is 0 Å². The highest BCUT2D eigenvalue weighted by molar-refractivity contribution is 6.30. The van der Waals surface area contributed by atoms with Gasteiger partial charge in [-0.25, -0.2) is 9.50 Å². The van der Waals surface area contributed by atoms with Crippen molar-refractivity contribution >= 4 is 17.2 Å². The van der Waals surface area contributed by atoms with Gasteiger partial charge in [-0.15, -0.1) is 0 Å². The Bertz CT molecular complexity index is 1330. The van der Waals surface area contributed by atoms with Crippen LogP contribution in [0.2, 0.25) is 5.02 Å². The number of nitrogens with zero attached hydrogens (tertiary/aromatic N) is 3. The third-order valence-corrected chi connectivity index (χ3v) is 5.36. The fourth-order valence-corrected chi connectivity index (χ4v) is 3.80. The van der Waals surface area contributed by atoms with Gasteiger partial charge in [0.15, 0.2) is 5.65 Å². The summed E-state index contributed by atoms with van der Waals surface area (Å²) in [5.41, 5.74) is 6.59. The zero-order valence-electron chi connectivity index (χ0n) is 17.0. The summed E-state index contributed by atoms with van der Waals surface area (Å²) in [7, 11) is 0. The van der Waals surface area contributed by atoms with Crippen molar-refractivity contribution < 1.29 is 4.74 Å². The van der Waals surface area contributed by atoms with E-state index in [9.17, 15) is 0 Å². The molecule has 0 bridgehead atoms. The van der Waals surface area contributed by atoms with E-state index in [2.05, 4.69) is 12.1 Å². The summed E-state index contributed by atoms with van der Waals surface area (Å²) in [5, 5.41) is 5.64. The number of hydrogen-bond donors (Lipinski definition) is 0. The molecular formula is C26H20ClN3O. The van der Waals surface area contributed by atoms with Crippen LogP contribution in [-0.2, 0) is 6.61 Å². The third kappa shape index (κ3) is 3.90. The number of aromatic nitrogens is 3. The lowest BCUT2D eigenvalue weighted by Crippen LogP contribution is -2.00. The Kier molecular flexibility index (Phi) is 5.14. The quantitative estimate of drug-likeness (QED) is 0.318. The average molecular weight is 426 g/mol. The Morgan fingerprint density at radius 3 is 2.23 bits per heavy atom. The molecule has 5 heteroatoms. The first-order chi connectivity index (χ1) is 15.2. The highest BCUT2D eigenvalue weighted by atomic mass is 35.5. The summed E-state index contributed by atoms with van der Waals surface area (Å²) >= 11 is 6.11. The van der Waals surface area contributed by atoms with Crippen molar-refractivity contribution in [3.05, 3.63) is 107 Å². The van der Waals surface area contributed by atoms with Crippen LogP contribution in [0.5, 0.6) is 5.75 Å². The molecule has 0 unspecified atom stereocenters. The second-order valence-corrected chi connectivity index (χ2v) is 7.75. The van der Waals surface area contributed by atoms with E-state index in [4.69, 9.17) is 26.4 Å². The highest BCUT2D eigenvalue weighted by Crippen LogP contribution is 2.32. The zero-order chi connectivity index (χ0) is 21.2. The minimum atomic E-state index is 0.344. The van der Waals surface area contributed by atoms with Crippen molar-refractivity contribution in [3.8, 4) is 28.1 Å². The van der Waals surface area contributed by atoms with Gasteiger partial charge in [-0.05, 0) is 42.8 Å². The Balaban J connectivity index is 1.69. The smallest absolute Gasteiger partial charge is 0.164 e. The molecule has 0 atom stereocenters. The molecule has 2 aromatic heterocycles. The number of para-hydroxylation sites is 1. The molecule has 0 amide bonds. The molecule has 0 N–H and O–H groups in total. The minimum Gasteiger partial charge on any atom is -0.487 e. The lowest BCUT2D eigenvalue weighted by atomic mass is 10.1. The summed E-state index contributed by atoms with van der Waals surface area (Å²) in [4.78, 5) is 4.85. The molecule has 0 aliphatic carbocycles. The summed E-state index contributed by atoms with van der Waals surface area (Å²) in [6.07, 6.45) is 0. The van der Waals surface area contributed by atoms with Gasteiger partial charge in [0, 0.05) is 16.3 Å². The van der Waals surface area contributed by atoms with Crippen molar-refractivity contribution in [2.24, 2.45) is 0 Å². The van der Waals surface area contributed by atoms with Gasteiger partial charge >= 0.3 is 0 Å². The van der Waals surface area contributed by atoms with E-state index in [0.29, 0.717) is 11.6 Å². The van der Waals surface area contributed by atoms with Gasteiger partial charge in [0.05, 0.1) is 11.3 Å². The normalized spacial score (nSPS) is 11.0. The maximum absolute atomic E-state index is 6.11. The molecule has 0 radical (unpaired) electrons. The van der Waals surface area contributed by atoms with Crippen LogP contribution in [0.1, 0.15) is 11.4 Å². The lowest BCUT2D eigenvalue weighted by molar-refractivity contribution is 0.301. The van der Waals surface area contributed by atoms with Gasteiger partial charge in [-0.3, -0.25) is 0 Å². The summed E-state index contributed by atoms with van der Waals surface area (Å²) < 4.78 is 7.96. The summed E-state index contributed by atoms with van der Waals surface area (Å²) in [6, 6.07) is 29.8. The Hall–Kier alpha value is -3.63. The predicted molar refractivity (Wildman–Crippen MR) is 124 cm³/mol. The molecule has 0 fully saturated rings. The predicted octanol–water partition coefficient (Wildman–Crippen LogP) is 6.60. The van der Waals surface area contributed by atoms with E-state index >= 15 is 0 Å². The number of fused-ring (bicyclic) bond motifs is 1. The van der Waals surface area contributed by atoms with Gasteiger partial charge in [0.1, 0.15) is 18.1 Å². The van der Waals surface area contributed by atoms with Crippen LogP contribution in [-0.4, -0.2) is 14.6 Å². The topological polar surface area (TPSA) is 39.4 Å². The van der Waals surface area contributed by atoms with Gasteiger partial charge in [-0.1, -0.05) is 72.3 Å². The largest absolute Gasteiger partial charge is 0.487 e. The van der Waals surface area contributed by atoms with Gasteiger partial charge in [-0.2, -0.15) is 5.10 Å². The Morgan fingerprint density at radius 2 is 1.52 bits per heavy atom. The van der Waals surface area contributed by atoms with Crippen LogP contribution in [0.15, 0.2) is 91.0 Å². The van der Waals surface area contributed by atoms with Crippen LogP contribution in [0.4, 0.5) is 0 Å². The molecule has 0 spiro atoms. The summed E-state index contributed by atoms with van der Waals surface area (Å²) in [5.74, 6) is 0.806. The monoisotopic (exact) mass is 425 g/mol. The van der Waals surface area contributed by atoms with E-state index in [0.717, 1.165) is 45.2 Å². The maximum atomic E-state index is 6.11. The van der Waals surface area contributed by atoms with Crippen LogP contribution in [0, 0.1) is 6.92 Å². The van der Waals surface area contributed by atoms with E-state index in [1.807, 2.05) is 90.3 Å². The SMILES string of the molecule is Cc1cc(-c2ccc(Cl)cc2)n2nc(COc3ccccc3)c(-c3ccccc3)c2n1. The van der Waals surface area contributed by atoms with Gasteiger partial charge in [0.25, 0.3) is 0 Å². The number of benzene rings is 3. The molecular weight excluding hydrogens is 406 g/mol. The first-order valence-electron chi connectivity index (χ1n) is 10.1. The molecule has 0 aliphatic heterocycles. The molecule has 4 nitrogen and oxygen atoms in total. The summed E-state index contributed by atoms with van der Waals surface area (Å²) in [6.45, 7) is 2.35. The van der Waals surface area contributed by atoms with Crippen molar-refractivity contribution in [2.45, 2.75) is 13.5 Å². The molecule has 5 rings (SSSR count). The van der Waals surface area contributed by atoms with E-state index in [1.165, 1.54) is 0 Å². The van der Waals surface area contributed by atoms with Crippen molar-refractivity contribution in [1.82, 2.24) is 14.6 Å². The number of hydrogen-bond acceptors (Lipinski definition) is 3. The molecule has 0 saturated carbocycles. The number of rotatable bonds is 5. The zero-order valence-corrected chi connectivity index (χ0v) is 17.8. The van der Waals surface area contributed by atoms with E-state index in [1.54, 1.807) is 0 Å². The standard InChI is InChI=1S/C26H20ClN3O/c1-18-16-24(19-12-14-21(27)15-13-19)30-26(28-18)25(20-8-4-2-5-9-20)23(29-30)17-31-22-10-6-3-7-11-22/h2-16H,17H2,1H3. The Labute approximate surface area is 185 Å². The second kappa shape index (κ2) is 8.25. The van der Waals surface area contributed by atoms with Crippen molar-refractivity contribution in [3.63, 3.8) is 0 Å². The molecule has 5 aromatic rings. The lowest BCUT2D eigenvalue weighted by Gasteiger charge is -2.07. The van der Waals surface area contributed by atoms with Crippen LogP contribution >= 0.6 is 11.6 Å². The molecule has 152 valence electrons. The fraction of sp³-hybridized carbons (Fsp3) is 0.0769. The highest BCUT2D eigenvalue weighted by Gasteiger charge is 2.19. The van der Waals surface area contributed by atoms with Gasteiger partial charge < -0.3 is 4.74 Å². The Morgan fingerprint density at radius 1 is 0.839 bits per heavy atom. The molecule has 0 aliphatic rings. The molecule has 2 heterocycles. The van der Waals surface area contributed by atoms with E-state index in [-0.39, 0.29) is 0 Å². The average Bonchev–Trinajstić information content (AvgIpc) is 3.17. The first kappa shape index (κ1) is 19.3. The minimum absolute atomic E-state index is 0.344. The van der Waals surface area contributed by atoms with Crippen LogP contribution in [0.3, 0.4) is 0 Å². The molecule has 31 heavy (non-hydrogen) atoms. The van der Waals surface area contributed by atoms with Crippen molar-refractivity contribution in [1.29, 1.82) is 0 Å². The molecule has 0 saturated heterocycles. The third-order valence-electron chi connectivity index (χ3n) is 5.11. The van der Waals surface area contributed by atoms with Crippen LogP contribution < -0.4 is 4.74 Å². The maximum Gasteiger partial charge on any atom is 0.164 e. The first-order valence-corrected chi connectivity index (χ1v) is 10.5.